The van der Waals surface area contributed by atoms with E-state index in [1.807, 2.05) is 0 Å². The van der Waals surface area contributed by atoms with Crippen LogP contribution in [0.15, 0.2) is 24.3 Å². The highest BCUT2D eigenvalue weighted by atomic mass is 15.2. The molecule has 1 saturated heterocycles. The molecule has 3 rings (SSSR count). The van der Waals surface area contributed by atoms with Crippen LogP contribution in [0.5, 0.6) is 0 Å². The highest BCUT2D eigenvalue weighted by Gasteiger charge is 2.47. The highest BCUT2D eigenvalue weighted by molar-refractivity contribution is 5.44. The molecule has 2 heteroatoms. The maximum Gasteiger partial charge on any atom is 0.0512 e. The number of likely N-dealkylation sites (tertiary alicyclic amines) is 1. The molecule has 2 nitrogen and oxygen atoms in total. The molecule has 0 spiro atoms. The van der Waals surface area contributed by atoms with Gasteiger partial charge in [-0.05, 0) is 44.1 Å². The largest absolute Gasteiger partial charge is 0.314 e. The fourth-order valence-electron chi connectivity index (χ4n) is 4.03. The molecule has 1 aliphatic carbocycles. The minimum absolute atomic E-state index is 0.221. The zero-order valence-corrected chi connectivity index (χ0v) is 11.7. The molecule has 98 valence electrons. The minimum Gasteiger partial charge on any atom is -0.314 e. The number of likely N-dealkylation sites (N-methyl/N-ethyl adjacent to an activating group) is 1. The average Bonchev–Trinajstić information content (AvgIpc) is 2.94. The maximum atomic E-state index is 3.59. The van der Waals surface area contributed by atoms with Gasteiger partial charge in [0.2, 0.25) is 0 Å². The van der Waals surface area contributed by atoms with Crippen LogP contribution in [0.25, 0.3) is 0 Å². The number of benzene rings is 1. The molecular formula is C16H24N2. The van der Waals surface area contributed by atoms with E-state index in [0.29, 0.717) is 12.1 Å². The van der Waals surface area contributed by atoms with Gasteiger partial charge in [-0.2, -0.15) is 0 Å². The SMILES string of the molecule is CN[C@@H]1[C@@H](N2CCCC2)c2ccccc2C1(C)C. The summed E-state index contributed by atoms with van der Waals surface area (Å²) in [5.41, 5.74) is 3.29. The number of nitrogens with one attached hydrogen (secondary N) is 1. The first-order valence-corrected chi connectivity index (χ1v) is 7.17. The topological polar surface area (TPSA) is 15.3 Å². The Kier molecular flexibility index (Phi) is 2.95. The van der Waals surface area contributed by atoms with Gasteiger partial charge in [-0.15, -0.1) is 0 Å². The Morgan fingerprint density at radius 3 is 2.50 bits per heavy atom. The summed E-state index contributed by atoms with van der Waals surface area (Å²) in [7, 11) is 2.11. The van der Waals surface area contributed by atoms with Crippen molar-refractivity contribution in [3.8, 4) is 0 Å². The van der Waals surface area contributed by atoms with Crippen LogP contribution in [-0.4, -0.2) is 31.1 Å². The molecule has 1 aromatic carbocycles. The van der Waals surface area contributed by atoms with Gasteiger partial charge in [0.05, 0.1) is 6.04 Å². The van der Waals surface area contributed by atoms with Crippen molar-refractivity contribution in [1.29, 1.82) is 0 Å². The Bertz CT molecular complexity index is 432. The second kappa shape index (κ2) is 4.36. The van der Waals surface area contributed by atoms with Gasteiger partial charge in [-0.3, -0.25) is 4.90 Å². The molecule has 0 bridgehead atoms. The molecule has 2 atom stereocenters. The fourth-order valence-corrected chi connectivity index (χ4v) is 4.03. The monoisotopic (exact) mass is 244 g/mol. The van der Waals surface area contributed by atoms with Crippen molar-refractivity contribution >= 4 is 0 Å². The summed E-state index contributed by atoms with van der Waals surface area (Å²) in [6.07, 6.45) is 2.71. The number of fused-ring (bicyclic) bond motifs is 1. The van der Waals surface area contributed by atoms with Crippen molar-refractivity contribution in [2.45, 2.75) is 44.2 Å². The predicted molar refractivity (Wildman–Crippen MR) is 75.9 cm³/mol. The van der Waals surface area contributed by atoms with Crippen molar-refractivity contribution in [3.63, 3.8) is 0 Å². The highest BCUT2D eigenvalue weighted by Crippen LogP contribution is 2.47. The summed E-state index contributed by atoms with van der Waals surface area (Å²) in [5, 5.41) is 3.59. The summed E-state index contributed by atoms with van der Waals surface area (Å²) in [6.45, 7) is 7.27. The van der Waals surface area contributed by atoms with E-state index in [1.54, 1.807) is 5.56 Å². The third-order valence-corrected chi connectivity index (χ3v) is 4.91. The first kappa shape index (κ1) is 12.2. The molecular weight excluding hydrogens is 220 g/mol. The quantitative estimate of drug-likeness (QED) is 0.860. The van der Waals surface area contributed by atoms with Crippen molar-refractivity contribution < 1.29 is 0 Å². The molecule has 1 aromatic rings. The standard InChI is InChI=1S/C16H24N2/c1-16(2)13-9-5-4-8-12(13)14(15(16)17-3)18-10-6-7-11-18/h4-5,8-9,14-15,17H,6-7,10-11H2,1-3H3/t14-,15+/m0/s1. The van der Waals surface area contributed by atoms with Crippen LogP contribution < -0.4 is 5.32 Å². The van der Waals surface area contributed by atoms with Gasteiger partial charge in [0.25, 0.3) is 0 Å². The lowest BCUT2D eigenvalue weighted by atomic mass is 9.82. The van der Waals surface area contributed by atoms with Gasteiger partial charge in [0.15, 0.2) is 0 Å². The summed E-state index contributed by atoms with van der Waals surface area (Å²) in [4.78, 5) is 2.68. The van der Waals surface area contributed by atoms with Crippen molar-refractivity contribution in [2.75, 3.05) is 20.1 Å². The summed E-state index contributed by atoms with van der Waals surface area (Å²) < 4.78 is 0. The van der Waals surface area contributed by atoms with Gasteiger partial charge in [-0.25, -0.2) is 0 Å². The third kappa shape index (κ3) is 1.63. The summed E-state index contributed by atoms with van der Waals surface area (Å²) in [6, 6.07) is 10.1. The number of nitrogens with zero attached hydrogens (tertiary/aromatic N) is 1. The third-order valence-electron chi connectivity index (χ3n) is 4.91. The van der Waals surface area contributed by atoms with Crippen LogP contribution in [0.1, 0.15) is 43.9 Å². The Hall–Kier alpha value is -0.860. The van der Waals surface area contributed by atoms with E-state index < -0.39 is 0 Å². The van der Waals surface area contributed by atoms with E-state index in [1.165, 1.54) is 31.5 Å². The van der Waals surface area contributed by atoms with Crippen LogP contribution in [0.3, 0.4) is 0 Å². The molecule has 18 heavy (non-hydrogen) atoms. The average molecular weight is 244 g/mol. The molecule has 0 radical (unpaired) electrons. The van der Waals surface area contributed by atoms with Gasteiger partial charge >= 0.3 is 0 Å². The van der Waals surface area contributed by atoms with Crippen LogP contribution in [0, 0.1) is 0 Å². The Morgan fingerprint density at radius 1 is 1.17 bits per heavy atom. The van der Waals surface area contributed by atoms with Gasteiger partial charge in [0, 0.05) is 11.5 Å². The lowest BCUT2D eigenvalue weighted by Crippen LogP contribution is -2.46. The van der Waals surface area contributed by atoms with Gasteiger partial charge < -0.3 is 5.32 Å². The fraction of sp³-hybridized carbons (Fsp3) is 0.625. The molecule has 0 saturated carbocycles. The summed E-state index contributed by atoms with van der Waals surface area (Å²) in [5.74, 6) is 0. The molecule has 0 unspecified atom stereocenters. The number of hydrogen-bond donors (Lipinski definition) is 1. The summed E-state index contributed by atoms with van der Waals surface area (Å²) >= 11 is 0. The molecule has 1 fully saturated rings. The Labute approximate surface area is 110 Å². The number of rotatable bonds is 2. The second-order valence-electron chi connectivity index (χ2n) is 6.26. The van der Waals surface area contributed by atoms with Crippen LogP contribution in [0.2, 0.25) is 0 Å². The van der Waals surface area contributed by atoms with Gasteiger partial charge in [-0.1, -0.05) is 38.1 Å². The first-order valence-electron chi connectivity index (χ1n) is 7.17. The van der Waals surface area contributed by atoms with Crippen LogP contribution in [0.4, 0.5) is 0 Å². The zero-order valence-electron chi connectivity index (χ0n) is 11.7. The maximum absolute atomic E-state index is 3.59. The first-order chi connectivity index (χ1) is 8.66. The molecule has 0 amide bonds. The lowest BCUT2D eigenvalue weighted by Gasteiger charge is -2.35. The van der Waals surface area contributed by atoms with E-state index >= 15 is 0 Å². The van der Waals surface area contributed by atoms with E-state index in [2.05, 4.69) is 55.4 Å². The second-order valence-corrected chi connectivity index (χ2v) is 6.26. The smallest absolute Gasteiger partial charge is 0.0512 e. The van der Waals surface area contributed by atoms with Crippen molar-refractivity contribution in [3.05, 3.63) is 35.4 Å². The van der Waals surface area contributed by atoms with Crippen molar-refractivity contribution in [1.82, 2.24) is 10.2 Å². The molecule has 2 aliphatic rings. The number of hydrogen-bond acceptors (Lipinski definition) is 2. The molecule has 1 heterocycles. The Morgan fingerprint density at radius 2 is 1.83 bits per heavy atom. The van der Waals surface area contributed by atoms with E-state index in [9.17, 15) is 0 Å². The normalized spacial score (nSPS) is 30.6. The van der Waals surface area contributed by atoms with Crippen LogP contribution in [-0.2, 0) is 5.41 Å². The van der Waals surface area contributed by atoms with E-state index in [-0.39, 0.29) is 5.41 Å². The molecule has 1 aliphatic heterocycles. The zero-order chi connectivity index (χ0) is 12.8. The predicted octanol–water partition coefficient (Wildman–Crippen LogP) is 2.70. The van der Waals surface area contributed by atoms with Gasteiger partial charge in [0.1, 0.15) is 0 Å². The van der Waals surface area contributed by atoms with E-state index in [4.69, 9.17) is 0 Å². The Balaban J connectivity index is 2.06. The van der Waals surface area contributed by atoms with E-state index in [0.717, 1.165) is 0 Å². The minimum atomic E-state index is 0.221. The van der Waals surface area contributed by atoms with Crippen LogP contribution >= 0.6 is 0 Å². The molecule has 0 aromatic heterocycles. The lowest BCUT2D eigenvalue weighted by molar-refractivity contribution is 0.177. The molecule has 1 N–H and O–H groups in total. The van der Waals surface area contributed by atoms with Crippen molar-refractivity contribution in [2.24, 2.45) is 0 Å².